The number of halogens is 1. The second kappa shape index (κ2) is 5.61. The van der Waals surface area contributed by atoms with Crippen molar-refractivity contribution in [3.05, 3.63) is 63.9 Å². The molecule has 0 unspecified atom stereocenters. The Morgan fingerprint density at radius 2 is 1.85 bits per heavy atom. The Morgan fingerprint density at radius 1 is 1.10 bits per heavy atom. The summed E-state index contributed by atoms with van der Waals surface area (Å²) >= 11 is 7.46. The molecule has 0 N–H and O–H groups in total. The van der Waals surface area contributed by atoms with Crippen LogP contribution in [0.15, 0.2) is 58.7 Å². The monoisotopic (exact) mass is 301 g/mol. The highest BCUT2D eigenvalue weighted by atomic mass is 35.5. The summed E-state index contributed by atoms with van der Waals surface area (Å²) in [5, 5.41) is 9.14. The Kier molecular flexibility index (Phi) is 3.67. The average molecular weight is 302 g/mol. The third-order valence-corrected chi connectivity index (χ3v) is 4.29. The lowest BCUT2D eigenvalue weighted by atomic mass is 10.2. The van der Waals surface area contributed by atoms with E-state index in [0.29, 0.717) is 0 Å². The molecule has 2 aromatic carbocycles. The van der Waals surface area contributed by atoms with E-state index in [1.165, 1.54) is 4.70 Å². The minimum absolute atomic E-state index is 0.718. The van der Waals surface area contributed by atoms with Crippen LogP contribution in [0.1, 0.15) is 5.56 Å². The molecule has 5 heteroatoms. The fourth-order valence-corrected chi connectivity index (χ4v) is 2.97. The average Bonchev–Trinajstić information content (AvgIpc) is 2.78. The summed E-state index contributed by atoms with van der Waals surface area (Å²) in [6, 6.07) is 15.7. The molecule has 0 radical (unpaired) electrons. The molecule has 0 aliphatic rings. The molecule has 0 aliphatic carbocycles. The summed E-state index contributed by atoms with van der Waals surface area (Å²) in [6.45, 7) is 0. The molecule has 0 saturated carbocycles. The van der Waals surface area contributed by atoms with Crippen molar-refractivity contribution in [2.75, 3.05) is 0 Å². The van der Waals surface area contributed by atoms with Gasteiger partial charge in [-0.3, -0.25) is 0 Å². The summed E-state index contributed by atoms with van der Waals surface area (Å²) in [7, 11) is 2.00. The van der Waals surface area contributed by atoms with Gasteiger partial charge in [-0.1, -0.05) is 47.2 Å². The van der Waals surface area contributed by atoms with Crippen LogP contribution in [-0.4, -0.2) is 10.8 Å². The number of para-hydroxylation sites is 1. The summed E-state index contributed by atoms with van der Waals surface area (Å²) in [6.07, 6.45) is 1.72. The Morgan fingerprint density at radius 3 is 2.60 bits per heavy atom. The van der Waals surface area contributed by atoms with E-state index >= 15 is 0 Å². The van der Waals surface area contributed by atoms with Gasteiger partial charge in [-0.05, 0) is 29.8 Å². The molecule has 0 atom stereocenters. The van der Waals surface area contributed by atoms with Crippen LogP contribution in [0.5, 0.6) is 0 Å². The number of fused-ring (bicyclic) bond motifs is 1. The molecular weight excluding hydrogens is 290 g/mol. The lowest BCUT2D eigenvalue weighted by Crippen LogP contribution is -2.08. The first-order valence-electron chi connectivity index (χ1n) is 6.11. The van der Waals surface area contributed by atoms with Crippen LogP contribution in [-0.2, 0) is 7.05 Å². The Balaban J connectivity index is 1.94. The topological polar surface area (TPSA) is 29.6 Å². The maximum absolute atomic E-state index is 5.84. The van der Waals surface area contributed by atoms with Crippen LogP contribution in [0.4, 0.5) is 0 Å². The second-order valence-corrected chi connectivity index (χ2v) is 5.75. The summed E-state index contributed by atoms with van der Waals surface area (Å²) in [5.74, 6) is 0. The summed E-state index contributed by atoms with van der Waals surface area (Å²) < 4.78 is 3.24. The van der Waals surface area contributed by atoms with Gasteiger partial charge in [0, 0.05) is 12.1 Å². The van der Waals surface area contributed by atoms with Crippen LogP contribution in [0.2, 0.25) is 5.02 Å². The van der Waals surface area contributed by atoms with Gasteiger partial charge in [-0.15, -0.1) is 5.10 Å². The third-order valence-electron chi connectivity index (χ3n) is 2.93. The van der Waals surface area contributed by atoms with Crippen molar-refractivity contribution >= 4 is 39.4 Å². The highest BCUT2D eigenvalue weighted by Gasteiger charge is 2.00. The van der Waals surface area contributed by atoms with E-state index < -0.39 is 0 Å². The van der Waals surface area contributed by atoms with E-state index in [1.807, 2.05) is 48.0 Å². The van der Waals surface area contributed by atoms with Crippen molar-refractivity contribution in [1.29, 1.82) is 0 Å². The maximum Gasteiger partial charge on any atom is 0.211 e. The smallest absolute Gasteiger partial charge is 0.211 e. The fourth-order valence-electron chi connectivity index (χ4n) is 1.87. The fraction of sp³-hybridized carbons (Fsp3) is 0.0667. The lowest BCUT2D eigenvalue weighted by Gasteiger charge is -1.93. The molecule has 20 heavy (non-hydrogen) atoms. The zero-order valence-electron chi connectivity index (χ0n) is 10.8. The van der Waals surface area contributed by atoms with E-state index in [9.17, 15) is 0 Å². The SMILES string of the molecule is Cn1/c(=N/N=C\c2ccc(Cl)cc2)sc2ccccc21. The summed E-state index contributed by atoms with van der Waals surface area (Å²) in [5.41, 5.74) is 2.14. The van der Waals surface area contributed by atoms with Crippen LogP contribution in [0.25, 0.3) is 10.2 Å². The zero-order chi connectivity index (χ0) is 13.9. The molecular formula is C15H12ClN3S. The molecule has 3 nitrogen and oxygen atoms in total. The van der Waals surface area contributed by atoms with Crippen molar-refractivity contribution in [3.8, 4) is 0 Å². The number of thiazole rings is 1. The molecule has 3 aromatic rings. The standard InChI is InChI=1S/C15H12ClN3S/c1-19-13-4-2-3-5-14(13)20-15(19)18-17-10-11-6-8-12(16)9-7-11/h2-10H,1H3/b17-10-,18-15-. The lowest BCUT2D eigenvalue weighted by molar-refractivity contribution is 0.889. The van der Waals surface area contributed by atoms with Gasteiger partial charge < -0.3 is 4.57 Å². The van der Waals surface area contributed by atoms with E-state index in [2.05, 4.69) is 22.3 Å². The van der Waals surface area contributed by atoms with Gasteiger partial charge in [-0.2, -0.15) is 5.10 Å². The van der Waals surface area contributed by atoms with Crippen molar-refractivity contribution in [2.24, 2.45) is 17.3 Å². The highest BCUT2D eigenvalue weighted by molar-refractivity contribution is 7.16. The van der Waals surface area contributed by atoms with Crippen molar-refractivity contribution in [2.45, 2.75) is 0 Å². The number of hydrogen-bond donors (Lipinski definition) is 0. The Hall–Kier alpha value is -1.91. The van der Waals surface area contributed by atoms with Crippen LogP contribution in [0.3, 0.4) is 0 Å². The maximum atomic E-state index is 5.84. The normalized spacial score (nSPS) is 12.6. The predicted molar refractivity (Wildman–Crippen MR) is 85.4 cm³/mol. The van der Waals surface area contributed by atoms with Gasteiger partial charge in [0.25, 0.3) is 0 Å². The van der Waals surface area contributed by atoms with Crippen molar-refractivity contribution in [3.63, 3.8) is 0 Å². The number of rotatable bonds is 2. The number of aryl methyl sites for hydroxylation is 1. The predicted octanol–water partition coefficient (Wildman–Crippen LogP) is 3.83. The number of hydrogen-bond acceptors (Lipinski definition) is 3. The highest BCUT2D eigenvalue weighted by Crippen LogP contribution is 2.15. The molecule has 0 amide bonds. The van der Waals surface area contributed by atoms with Gasteiger partial charge in [-0.25, -0.2) is 0 Å². The molecule has 1 aromatic heterocycles. The van der Waals surface area contributed by atoms with Crippen LogP contribution in [0, 0.1) is 0 Å². The molecule has 100 valence electrons. The zero-order valence-corrected chi connectivity index (χ0v) is 12.4. The minimum Gasteiger partial charge on any atom is -0.318 e. The van der Waals surface area contributed by atoms with Crippen molar-refractivity contribution in [1.82, 2.24) is 4.57 Å². The van der Waals surface area contributed by atoms with Gasteiger partial charge in [0.15, 0.2) is 0 Å². The molecule has 0 spiro atoms. The van der Waals surface area contributed by atoms with Crippen LogP contribution >= 0.6 is 22.9 Å². The van der Waals surface area contributed by atoms with Gasteiger partial charge in [0.05, 0.1) is 16.4 Å². The van der Waals surface area contributed by atoms with E-state index in [1.54, 1.807) is 17.6 Å². The first-order chi connectivity index (χ1) is 9.74. The number of nitrogens with zero attached hydrogens (tertiary/aromatic N) is 3. The summed E-state index contributed by atoms with van der Waals surface area (Å²) in [4.78, 5) is 0.872. The minimum atomic E-state index is 0.718. The van der Waals surface area contributed by atoms with E-state index in [0.717, 1.165) is 20.9 Å². The Bertz CT molecular complexity index is 828. The molecule has 0 saturated heterocycles. The third kappa shape index (κ3) is 2.66. The quantitative estimate of drug-likeness (QED) is 0.509. The molecule has 0 aliphatic heterocycles. The molecule has 3 rings (SSSR count). The van der Waals surface area contributed by atoms with Gasteiger partial charge in [0.1, 0.15) is 0 Å². The van der Waals surface area contributed by atoms with E-state index in [4.69, 9.17) is 11.6 Å². The first-order valence-corrected chi connectivity index (χ1v) is 7.31. The van der Waals surface area contributed by atoms with Crippen molar-refractivity contribution < 1.29 is 0 Å². The number of aromatic nitrogens is 1. The largest absolute Gasteiger partial charge is 0.318 e. The van der Waals surface area contributed by atoms with Gasteiger partial charge >= 0.3 is 0 Å². The second-order valence-electron chi connectivity index (χ2n) is 4.31. The van der Waals surface area contributed by atoms with Crippen LogP contribution < -0.4 is 4.80 Å². The molecule has 0 bridgehead atoms. The van der Waals surface area contributed by atoms with E-state index in [-0.39, 0.29) is 0 Å². The van der Waals surface area contributed by atoms with Gasteiger partial charge in [0.2, 0.25) is 4.80 Å². The first kappa shape index (κ1) is 13.1. The molecule has 1 heterocycles. The Labute approximate surface area is 125 Å². The number of benzene rings is 2. The molecule has 0 fully saturated rings.